The highest BCUT2D eigenvalue weighted by Crippen LogP contribution is 2.26. The standard InChI is InChI=1S/C17H25NO3/c1-17(2)20-11-16(21-17)10-18-14-6-4-12-5-7-15(19-3)9-13(12)8-14/h5,7,9,14,16,18H,4,6,8,10-11H2,1-3H3. The fourth-order valence-electron chi connectivity index (χ4n) is 3.20. The number of hydrogen-bond acceptors (Lipinski definition) is 4. The summed E-state index contributed by atoms with van der Waals surface area (Å²) in [7, 11) is 1.72. The Morgan fingerprint density at radius 1 is 1.33 bits per heavy atom. The third-order valence-electron chi connectivity index (χ3n) is 4.34. The minimum Gasteiger partial charge on any atom is -0.497 e. The summed E-state index contributed by atoms with van der Waals surface area (Å²) in [4.78, 5) is 0. The second kappa shape index (κ2) is 5.95. The van der Waals surface area contributed by atoms with Gasteiger partial charge in [-0.3, -0.25) is 0 Å². The van der Waals surface area contributed by atoms with Gasteiger partial charge in [0.05, 0.1) is 19.8 Å². The Labute approximate surface area is 126 Å². The number of rotatable bonds is 4. The summed E-state index contributed by atoms with van der Waals surface area (Å²) in [6.07, 6.45) is 3.52. The first-order valence-electron chi connectivity index (χ1n) is 7.77. The Morgan fingerprint density at radius 2 is 2.19 bits per heavy atom. The number of nitrogens with one attached hydrogen (secondary N) is 1. The molecular weight excluding hydrogens is 266 g/mol. The van der Waals surface area contributed by atoms with E-state index in [0.29, 0.717) is 12.6 Å². The average Bonchev–Trinajstić information content (AvgIpc) is 2.83. The molecule has 0 bridgehead atoms. The summed E-state index contributed by atoms with van der Waals surface area (Å²) in [5, 5.41) is 3.63. The van der Waals surface area contributed by atoms with Crippen molar-refractivity contribution < 1.29 is 14.2 Å². The van der Waals surface area contributed by atoms with E-state index in [1.54, 1.807) is 7.11 Å². The van der Waals surface area contributed by atoms with E-state index in [2.05, 4.69) is 23.5 Å². The molecule has 1 fully saturated rings. The van der Waals surface area contributed by atoms with Gasteiger partial charge in [-0.1, -0.05) is 6.07 Å². The van der Waals surface area contributed by atoms with Crippen molar-refractivity contribution in [3.8, 4) is 5.75 Å². The summed E-state index contributed by atoms with van der Waals surface area (Å²) < 4.78 is 16.8. The second-order valence-corrected chi connectivity index (χ2v) is 6.43. The maximum absolute atomic E-state index is 5.84. The zero-order valence-electron chi connectivity index (χ0n) is 13.1. The van der Waals surface area contributed by atoms with Crippen molar-refractivity contribution >= 4 is 0 Å². The monoisotopic (exact) mass is 291 g/mol. The van der Waals surface area contributed by atoms with E-state index in [-0.39, 0.29) is 6.10 Å². The molecule has 1 aromatic rings. The fraction of sp³-hybridized carbons (Fsp3) is 0.647. The van der Waals surface area contributed by atoms with Gasteiger partial charge >= 0.3 is 0 Å². The molecule has 1 heterocycles. The maximum atomic E-state index is 5.84. The van der Waals surface area contributed by atoms with E-state index in [0.717, 1.165) is 25.1 Å². The van der Waals surface area contributed by atoms with Crippen molar-refractivity contribution in [2.45, 2.75) is 51.0 Å². The highest BCUT2D eigenvalue weighted by molar-refractivity contribution is 5.37. The summed E-state index contributed by atoms with van der Waals surface area (Å²) in [5.74, 6) is 0.516. The van der Waals surface area contributed by atoms with Gasteiger partial charge in [-0.2, -0.15) is 0 Å². The summed E-state index contributed by atoms with van der Waals surface area (Å²) in [5.41, 5.74) is 2.86. The first-order chi connectivity index (χ1) is 10.1. The number of fused-ring (bicyclic) bond motifs is 1. The van der Waals surface area contributed by atoms with Gasteiger partial charge < -0.3 is 19.5 Å². The average molecular weight is 291 g/mol. The Balaban J connectivity index is 1.54. The lowest BCUT2D eigenvalue weighted by Gasteiger charge is -2.27. The van der Waals surface area contributed by atoms with Crippen LogP contribution in [0.25, 0.3) is 0 Å². The lowest BCUT2D eigenvalue weighted by molar-refractivity contribution is -0.137. The van der Waals surface area contributed by atoms with Crippen LogP contribution >= 0.6 is 0 Å². The Morgan fingerprint density at radius 3 is 2.90 bits per heavy atom. The van der Waals surface area contributed by atoms with Crippen LogP contribution in [-0.2, 0) is 22.3 Å². The minimum atomic E-state index is -0.432. The lowest BCUT2D eigenvalue weighted by Crippen LogP contribution is -2.40. The number of hydrogen-bond donors (Lipinski definition) is 1. The van der Waals surface area contributed by atoms with Crippen LogP contribution in [-0.4, -0.2) is 38.2 Å². The van der Waals surface area contributed by atoms with Gasteiger partial charge in [0.2, 0.25) is 0 Å². The van der Waals surface area contributed by atoms with Gasteiger partial charge in [-0.05, 0) is 56.4 Å². The number of ether oxygens (including phenoxy) is 3. The summed E-state index contributed by atoms with van der Waals surface area (Å²) >= 11 is 0. The van der Waals surface area contributed by atoms with Crippen molar-refractivity contribution in [3.05, 3.63) is 29.3 Å². The minimum absolute atomic E-state index is 0.159. The normalized spacial score (nSPS) is 27.4. The molecule has 1 aliphatic heterocycles. The second-order valence-electron chi connectivity index (χ2n) is 6.43. The fourth-order valence-corrected chi connectivity index (χ4v) is 3.20. The number of benzene rings is 1. The van der Waals surface area contributed by atoms with Crippen LogP contribution in [0.5, 0.6) is 5.75 Å². The van der Waals surface area contributed by atoms with Crippen LogP contribution in [0.1, 0.15) is 31.4 Å². The molecule has 4 nitrogen and oxygen atoms in total. The first kappa shape index (κ1) is 14.8. The van der Waals surface area contributed by atoms with E-state index in [1.165, 1.54) is 17.5 Å². The predicted molar refractivity (Wildman–Crippen MR) is 81.7 cm³/mol. The lowest BCUT2D eigenvalue weighted by atomic mass is 9.88. The molecule has 2 atom stereocenters. The summed E-state index contributed by atoms with van der Waals surface area (Å²) in [6, 6.07) is 6.93. The molecule has 0 aromatic heterocycles. The van der Waals surface area contributed by atoms with E-state index in [1.807, 2.05) is 13.8 Å². The van der Waals surface area contributed by atoms with Crippen molar-refractivity contribution in [2.24, 2.45) is 0 Å². The van der Waals surface area contributed by atoms with Gasteiger partial charge in [0, 0.05) is 12.6 Å². The quantitative estimate of drug-likeness (QED) is 0.924. The van der Waals surface area contributed by atoms with Crippen LogP contribution in [0.2, 0.25) is 0 Å². The topological polar surface area (TPSA) is 39.7 Å². The van der Waals surface area contributed by atoms with Crippen LogP contribution in [0.3, 0.4) is 0 Å². The number of aryl methyl sites for hydroxylation is 1. The van der Waals surface area contributed by atoms with Crippen LogP contribution in [0.15, 0.2) is 18.2 Å². The molecule has 0 saturated carbocycles. The molecule has 1 saturated heterocycles. The Hall–Kier alpha value is -1.10. The van der Waals surface area contributed by atoms with Crippen molar-refractivity contribution in [3.63, 3.8) is 0 Å². The molecule has 0 amide bonds. The molecule has 4 heteroatoms. The molecule has 116 valence electrons. The van der Waals surface area contributed by atoms with Crippen molar-refractivity contribution in [1.82, 2.24) is 5.32 Å². The highest BCUT2D eigenvalue weighted by Gasteiger charge is 2.32. The van der Waals surface area contributed by atoms with E-state index >= 15 is 0 Å². The van der Waals surface area contributed by atoms with Crippen LogP contribution in [0, 0.1) is 0 Å². The molecule has 2 unspecified atom stereocenters. The molecule has 0 radical (unpaired) electrons. The maximum Gasteiger partial charge on any atom is 0.163 e. The first-order valence-corrected chi connectivity index (χ1v) is 7.77. The van der Waals surface area contributed by atoms with Crippen LogP contribution in [0.4, 0.5) is 0 Å². The zero-order valence-corrected chi connectivity index (χ0v) is 13.1. The smallest absolute Gasteiger partial charge is 0.163 e. The van der Waals surface area contributed by atoms with Gasteiger partial charge in [-0.25, -0.2) is 0 Å². The SMILES string of the molecule is COc1ccc2c(c1)CC(NCC1COC(C)(C)O1)CC2. The highest BCUT2D eigenvalue weighted by atomic mass is 16.7. The largest absolute Gasteiger partial charge is 0.497 e. The van der Waals surface area contributed by atoms with Crippen molar-refractivity contribution in [2.75, 3.05) is 20.3 Å². The molecule has 1 N–H and O–H groups in total. The van der Waals surface area contributed by atoms with E-state index < -0.39 is 5.79 Å². The van der Waals surface area contributed by atoms with Gasteiger partial charge in [0.15, 0.2) is 5.79 Å². The van der Waals surface area contributed by atoms with E-state index in [9.17, 15) is 0 Å². The zero-order chi connectivity index (χ0) is 14.9. The van der Waals surface area contributed by atoms with Gasteiger partial charge in [0.25, 0.3) is 0 Å². The summed E-state index contributed by atoms with van der Waals surface area (Å²) in [6.45, 7) is 5.47. The van der Waals surface area contributed by atoms with Gasteiger partial charge in [0.1, 0.15) is 5.75 Å². The molecule has 1 aliphatic carbocycles. The predicted octanol–water partition coefficient (Wildman–Crippen LogP) is 2.29. The third kappa shape index (κ3) is 3.57. The third-order valence-corrected chi connectivity index (χ3v) is 4.34. The number of methoxy groups -OCH3 is 1. The Kier molecular flexibility index (Phi) is 4.20. The molecule has 1 aromatic carbocycles. The molecule has 2 aliphatic rings. The van der Waals surface area contributed by atoms with Gasteiger partial charge in [-0.15, -0.1) is 0 Å². The van der Waals surface area contributed by atoms with Crippen molar-refractivity contribution in [1.29, 1.82) is 0 Å². The van der Waals surface area contributed by atoms with E-state index in [4.69, 9.17) is 14.2 Å². The Bertz CT molecular complexity index is 501. The molecule has 0 spiro atoms. The molecular formula is C17H25NO3. The molecule has 21 heavy (non-hydrogen) atoms. The van der Waals surface area contributed by atoms with Crippen LogP contribution < -0.4 is 10.1 Å². The molecule has 3 rings (SSSR count).